The van der Waals surface area contributed by atoms with Crippen LogP contribution in [0.25, 0.3) is 11.3 Å². The third-order valence-corrected chi connectivity index (χ3v) is 4.46. The lowest BCUT2D eigenvalue weighted by atomic mass is 9.90. The monoisotopic (exact) mass is 240 g/mol. The average molecular weight is 240 g/mol. The summed E-state index contributed by atoms with van der Waals surface area (Å²) in [7, 11) is 0. The van der Waals surface area contributed by atoms with Crippen LogP contribution >= 0.6 is 0 Å². The fraction of sp³-hybridized carbons (Fsp3) is 0.400. The highest BCUT2D eigenvalue weighted by Gasteiger charge is 2.39. The predicted molar refractivity (Wildman–Crippen MR) is 69.1 cm³/mol. The van der Waals surface area contributed by atoms with Gasteiger partial charge in [-0.1, -0.05) is 30.7 Å². The van der Waals surface area contributed by atoms with Crippen LogP contribution in [0.15, 0.2) is 36.8 Å². The molecule has 2 aromatic rings. The van der Waals surface area contributed by atoms with Crippen LogP contribution in [0.2, 0.25) is 0 Å². The highest BCUT2D eigenvalue weighted by Crippen LogP contribution is 2.47. The molecule has 1 unspecified atom stereocenters. The van der Waals surface area contributed by atoms with Gasteiger partial charge < -0.3 is 9.67 Å². The fourth-order valence-corrected chi connectivity index (χ4v) is 3.65. The lowest BCUT2D eigenvalue weighted by Gasteiger charge is -2.24. The molecule has 18 heavy (non-hydrogen) atoms. The molecule has 4 rings (SSSR count). The minimum absolute atomic E-state index is 0.170. The smallest absolute Gasteiger partial charge is 0.0956 e. The van der Waals surface area contributed by atoms with Crippen LogP contribution in [0.3, 0.4) is 0 Å². The first-order valence-corrected chi connectivity index (χ1v) is 6.65. The molecule has 1 aliphatic heterocycles. The molecule has 92 valence electrons. The van der Waals surface area contributed by atoms with Crippen LogP contribution in [0.1, 0.15) is 30.9 Å². The zero-order chi connectivity index (χ0) is 12.1. The molecule has 1 aromatic carbocycles. The van der Waals surface area contributed by atoms with Crippen molar-refractivity contribution < 1.29 is 5.11 Å². The second-order valence-corrected chi connectivity index (χ2v) is 5.38. The van der Waals surface area contributed by atoms with Gasteiger partial charge in [-0.25, -0.2) is 4.98 Å². The fourth-order valence-electron chi connectivity index (χ4n) is 3.65. The van der Waals surface area contributed by atoms with Crippen LogP contribution in [-0.2, 0) is 0 Å². The van der Waals surface area contributed by atoms with E-state index in [-0.39, 0.29) is 12.1 Å². The largest absolute Gasteiger partial charge is 0.393 e. The Morgan fingerprint density at radius 3 is 2.94 bits per heavy atom. The summed E-state index contributed by atoms with van der Waals surface area (Å²) in [6, 6.07) is 8.79. The normalized spacial score (nSPS) is 29.3. The molecule has 2 aliphatic rings. The molecular weight excluding hydrogens is 224 g/mol. The van der Waals surface area contributed by atoms with Crippen LogP contribution in [0.4, 0.5) is 0 Å². The number of hydrogen-bond acceptors (Lipinski definition) is 2. The number of fused-ring (bicyclic) bond motifs is 3. The van der Waals surface area contributed by atoms with E-state index in [1.165, 1.54) is 16.8 Å². The number of hydrogen-bond donors (Lipinski definition) is 1. The molecule has 2 heterocycles. The first-order valence-electron chi connectivity index (χ1n) is 6.65. The molecule has 3 nitrogen and oxygen atoms in total. The molecule has 1 aliphatic carbocycles. The van der Waals surface area contributed by atoms with Crippen molar-refractivity contribution in [2.24, 2.45) is 5.92 Å². The number of rotatable bonds is 1. The van der Waals surface area contributed by atoms with E-state index in [0.717, 1.165) is 19.3 Å². The Kier molecular flexibility index (Phi) is 2.12. The van der Waals surface area contributed by atoms with Crippen LogP contribution in [-0.4, -0.2) is 20.8 Å². The SMILES string of the molecule is O[C@@H]1CCC[C@@H]1C1c2ccccc2-c2cncn21. The Morgan fingerprint density at radius 1 is 1.22 bits per heavy atom. The molecule has 3 heteroatoms. The van der Waals surface area contributed by atoms with Crippen molar-refractivity contribution >= 4 is 0 Å². The molecule has 0 spiro atoms. The van der Waals surface area contributed by atoms with Crippen molar-refractivity contribution in [2.45, 2.75) is 31.4 Å². The van der Waals surface area contributed by atoms with Crippen molar-refractivity contribution in [1.29, 1.82) is 0 Å². The molecule has 0 radical (unpaired) electrons. The van der Waals surface area contributed by atoms with Crippen LogP contribution in [0.5, 0.6) is 0 Å². The van der Waals surface area contributed by atoms with E-state index in [4.69, 9.17) is 0 Å². The summed E-state index contributed by atoms with van der Waals surface area (Å²) in [6.45, 7) is 0. The van der Waals surface area contributed by atoms with Gasteiger partial charge in [0.2, 0.25) is 0 Å². The Morgan fingerprint density at radius 2 is 2.11 bits per heavy atom. The zero-order valence-electron chi connectivity index (χ0n) is 10.2. The number of nitrogens with zero attached hydrogens (tertiary/aromatic N) is 2. The van der Waals surface area contributed by atoms with E-state index in [0.29, 0.717) is 5.92 Å². The topological polar surface area (TPSA) is 38.1 Å². The second kappa shape index (κ2) is 3.69. The summed E-state index contributed by atoms with van der Waals surface area (Å²) in [4.78, 5) is 4.27. The number of imidazole rings is 1. The van der Waals surface area contributed by atoms with E-state index in [1.807, 2.05) is 12.5 Å². The van der Waals surface area contributed by atoms with Crippen molar-refractivity contribution in [3.63, 3.8) is 0 Å². The highest BCUT2D eigenvalue weighted by atomic mass is 16.3. The van der Waals surface area contributed by atoms with Crippen LogP contribution in [0, 0.1) is 5.92 Å². The molecule has 0 bridgehead atoms. The standard InChI is InChI=1S/C15H16N2O/c18-14-7-3-6-12(14)15-11-5-2-1-4-10(11)13-8-16-9-17(13)15/h1-2,4-5,8-9,12,14-15,18H,3,6-7H2/t12-,14+,15?/m0/s1. The summed E-state index contributed by atoms with van der Waals surface area (Å²) in [6.07, 6.45) is 6.85. The van der Waals surface area contributed by atoms with E-state index >= 15 is 0 Å². The summed E-state index contributed by atoms with van der Waals surface area (Å²) in [5.74, 6) is 0.335. The third kappa shape index (κ3) is 1.25. The Labute approximate surface area is 106 Å². The third-order valence-electron chi connectivity index (χ3n) is 4.46. The van der Waals surface area contributed by atoms with Gasteiger partial charge in [0, 0.05) is 11.5 Å². The lowest BCUT2D eigenvalue weighted by Crippen LogP contribution is -2.24. The van der Waals surface area contributed by atoms with E-state index in [1.54, 1.807) is 0 Å². The van der Waals surface area contributed by atoms with Gasteiger partial charge in [0.1, 0.15) is 0 Å². The molecule has 3 atom stereocenters. The molecule has 1 N–H and O–H groups in total. The predicted octanol–water partition coefficient (Wildman–Crippen LogP) is 2.61. The summed E-state index contributed by atoms with van der Waals surface area (Å²) in [5, 5.41) is 10.2. The maximum absolute atomic E-state index is 10.2. The summed E-state index contributed by atoms with van der Waals surface area (Å²) >= 11 is 0. The number of aliphatic hydroxyl groups excluding tert-OH is 1. The maximum atomic E-state index is 10.2. The first-order chi connectivity index (χ1) is 8.86. The number of benzene rings is 1. The molecule has 0 saturated heterocycles. The molecule has 1 saturated carbocycles. The minimum atomic E-state index is -0.170. The van der Waals surface area contributed by atoms with E-state index in [9.17, 15) is 5.11 Å². The lowest BCUT2D eigenvalue weighted by molar-refractivity contribution is 0.112. The summed E-state index contributed by atoms with van der Waals surface area (Å²) < 4.78 is 2.24. The van der Waals surface area contributed by atoms with Gasteiger partial charge in [0.25, 0.3) is 0 Å². The Balaban J connectivity index is 1.89. The van der Waals surface area contributed by atoms with Crippen molar-refractivity contribution in [3.05, 3.63) is 42.4 Å². The van der Waals surface area contributed by atoms with Crippen molar-refractivity contribution in [1.82, 2.24) is 9.55 Å². The van der Waals surface area contributed by atoms with Crippen molar-refractivity contribution in [3.8, 4) is 11.3 Å². The Hall–Kier alpha value is -1.61. The maximum Gasteiger partial charge on any atom is 0.0956 e. The number of aliphatic hydroxyl groups is 1. The molecule has 1 aromatic heterocycles. The van der Waals surface area contributed by atoms with Gasteiger partial charge in [-0.2, -0.15) is 0 Å². The molecule has 0 amide bonds. The minimum Gasteiger partial charge on any atom is -0.393 e. The molecular formula is C15H16N2O. The Bertz CT molecular complexity index is 590. The van der Waals surface area contributed by atoms with Gasteiger partial charge >= 0.3 is 0 Å². The van der Waals surface area contributed by atoms with Crippen molar-refractivity contribution in [2.75, 3.05) is 0 Å². The second-order valence-electron chi connectivity index (χ2n) is 5.38. The zero-order valence-corrected chi connectivity index (χ0v) is 10.2. The first kappa shape index (κ1) is 10.3. The quantitative estimate of drug-likeness (QED) is 0.832. The molecule has 1 fully saturated rings. The van der Waals surface area contributed by atoms with Gasteiger partial charge in [-0.15, -0.1) is 0 Å². The van der Waals surface area contributed by atoms with E-state index in [2.05, 4.69) is 33.8 Å². The van der Waals surface area contributed by atoms with E-state index < -0.39 is 0 Å². The van der Waals surface area contributed by atoms with Crippen LogP contribution < -0.4 is 0 Å². The highest BCUT2D eigenvalue weighted by molar-refractivity contribution is 5.69. The van der Waals surface area contributed by atoms with Gasteiger partial charge in [0.15, 0.2) is 0 Å². The number of aromatic nitrogens is 2. The summed E-state index contributed by atoms with van der Waals surface area (Å²) in [5.41, 5.74) is 3.81. The average Bonchev–Trinajstić information content (AvgIpc) is 3.05. The van der Waals surface area contributed by atoms with Gasteiger partial charge in [0.05, 0.1) is 30.4 Å². The van der Waals surface area contributed by atoms with Gasteiger partial charge in [-0.05, 0) is 18.4 Å². The van der Waals surface area contributed by atoms with Gasteiger partial charge in [-0.3, -0.25) is 0 Å².